The van der Waals surface area contributed by atoms with Gasteiger partial charge >= 0.3 is 0 Å². The Morgan fingerprint density at radius 2 is 1.72 bits per heavy atom. The van der Waals surface area contributed by atoms with Gasteiger partial charge in [-0.05, 0) is 43.2 Å². The molecule has 1 aliphatic heterocycles. The fourth-order valence-corrected chi connectivity index (χ4v) is 3.72. The SMILES string of the molecule is COc1cccc(OC)c1C(=O)N1CCC(C(=O)Nc2ccc(Br)cc2F)CC1. The van der Waals surface area contributed by atoms with Gasteiger partial charge in [0, 0.05) is 23.5 Å². The molecule has 0 atom stereocenters. The van der Waals surface area contributed by atoms with Crippen molar-refractivity contribution < 1.29 is 23.5 Å². The maximum atomic E-state index is 14.0. The van der Waals surface area contributed by atoms with Crippen molar-refractivity contribution in [3.8, 4) is 11.5 Å². The minimum absolute atomic E-state index is 0.149. The molecule has 2 aromatic carbocycles. The second kappa shape index (κ2) is 9.26. The Morgan fingerprint density at radius 1 is 1.10 bits per heavy atom. The molecule has 1 heterocycles. The smallest absolute Gasteiger partial charge is 0.261 e. The lowest BCUT2D eigenvalue weighted by molar-refractivity contribution is -0.121. The van der Waals surface area contributed by atoms with Gasteiger partial charge < -0.3 is 19.7 Å². The molecule has 29 heavy (non-hydrogen) atoms. The van der Waals surface area contributed by atoms with E-state index >= 15 is 0 Å². The number of ether oxygens (including phenoxy) is 2. The number of halogens is 2. The quantitative estimate of drug-likeness (QED) is 0.723. The molecular formula is C21H22BrFN2O4. The van der Waals surface area contributed by atoms with Crippen LogP contribution in [0.4, 0.5) is 10.1 Å². The molecular weight excluding hydrogens is 443 g/mol. The van der Waals surface area contributed by atoms with E-state index in [9.17, 15) is 14.0 Å². The van der Waals surface area contributed by atoms with Gasteiger partial charge in [0.2, 0.25) is 5.91 Å². The Hall–Kier alpha value is -2.61. The topological polar surface area (TPSA) is 67.9 Å². The highest BCUT2D eigenvalue weighted by molar-refractivity contribution is 9.10. The van der Waals surface area contributed by atoms with E-state index in [-0.39, 0.29) is 23.4 Å². The first-order chi connectivity index (χ1) is 13.9. The molecule has 0 aliphatic carbocycles. The number of benzene rings is 2. The van der Waals surface area contributed by atoms with Gasteiger partial charge in [-0.1, -0.05) is 22.0 Å². The van der Waals surface area contributed by atoms with E-state index in [1.54, 1.807) is 29.2 Å². The predicted octanol–water partition coefficient (Wildman–Crippen LogP) is 4.10. The Balaban J connectivity index is 1.65. The Kier molecular flexibility index (Phi) is 6.74. The van der Waals surface area contributed by atoms with Crippen molar-refractivity contribution in [2.75, 3.05) is 32.6 Å². The van der Waals surface area contributed by atoms with Gasteiger partial charge in [0.15, 0.2) is 0 Å². The van der Waals surface area contributed by atoms with Crippen LogP contribution in [0.2, 0.25) is 0 Å². The summed E-state index contributed by atoms with van der Waals surface area (Å²) in [4.78, 5) is 27.2. The van der Waals surface area contributed by atoms with Crippen LogP contribution in [0.25, 0.3) is 0 Å². The molecule has 2 aromatic rings. The lowest BCUT2D eigenvalue weighted by Gasteiger charge is -2.32. The summed E-state index contributed by atoms with van der Waals surface area (Å²) < 4.78 is 25.2. The van der Waals surface area contributed by atoms with Crippen LogP contribution in [0.5, 0.6) is 11.5 Å². The number of anilines is 1. The molecule has 1 saturated heterocycles. The molecule has 1 fully saturated rings. The van der Waals surface area contributed by atoms with Crippen LogP contribution in [-0.2, 0) is 4.79 Å². The van der Waals surface area contributed by atoms with Gasteiger partial charge in [0.1, 0.15) is 22.9 Å². The zero-order valence-corrected chi connectivity index (χ0v) is 17.8. The van der Waals surface area contributed by atoms with Gasteiger partial charge in [-0.2, -0.15) is 0 Å². The standard InChI is InChI=1S/C21H22BrFN2O4/c1-28-17-4-3-5-18(29-2)19(17)21(27)25-10-8-13(9-11-25)20(26)24-16-7-6-14(22)12-15(16)23/h3-7,12-13H,8-11H2,1-2H3,(H,24,26). The van der Waals surface area contributed by atoms with Crippen LogP contribution >= 0.6 is 15.9 Å². The number of carbonyl (C=O) groups is 2. The number of hydrogen-bond acceptors (Lipinski definition) is 4. The van der Waals surface area contributed by atoms with Crippen LogP contribution in [0.15, 0.2) is 40.9 Å². The van der Waals surface area contributed by atoms with Crippen molar-refractivity contribution in [2.24, 2.45) is 5.92 Å². The molecule has 2 amide bonds. The Labute approximate surface area is 177 Å². The van der Waals surface area contributed by atoms with Crippen molar-refractivity contribution in [2.45, 2.75) is 12.8 Å². The van der Waals surface area contributed by atoms with Crippen molar-refractivity contribution in [1.82, 2.24) is 4.90 Å². The molecule has 8 heteroatoms. The summed E-state index contributed by atoms with van der Waals surface area (Å²) >= 11 is 3.19. The second-order valence-corrected chi connectivity index (χ2v) is 7.63. The summed E-state index contributed by atoms with van der Waals surface area (Å²) in [6.45, 7) is 0.835. The average molecular weight is 465 g/mol. The van der Waals surface area contributed by atoms with Crippen molar-refractivity contribution in [3.63, 3.8) is 0 Å². The maximum absolute atomic E-state index is 14.0. The third kappa shape index (κ3) is 4.70. The zero-order chi connectivity index (χ0) is 21.0. The van der Waals surface area contributed by atoms with Crippen LogP contribution in [0.3, 0.4) is 0 Å². The number of hydrogen-bond donors (Lipinski definition) is 1. The highest BCUT2D eigenvalue weighted by atomic mass is 79.9. The number of amides is 2. The number of methoxy groups -OCH3 is 2. The molecule has 1 aliphatic rings. The minimum atomic E-state index is -0.497. The van der Waals surface area contributed by atoms with E-state index in [1.165, 1.54) is 26.4 Å². The fourth-order valence-electron chi connectivity index (χ4n) is 3.39. The van der Waals surface area contributed by atoms with Crippen LogP contribution in [0.1, 0.15) is 23.2 Å². The molecule has 6 nitrogen and oxygen atoms in total. The molecule has 0 saturated carbocycles. The number of likely N-dealkylation sites (tertiary alicyclic amines) is 1. The van der Waals surface area contributed by atoms with Gasteiger partial charge in [0.05, 0.1) is 19.9 Å². The molecule has 154 valence electrons. The minimum Gasteiger partial charge on any atom is -0.496 e. The van der Waals surface area contributed by atoms with E-state index in [4.69, 9.17) is 9.47 Å². The van der Waals surface area contributed by atoms with Crippen LogP contribution < -0.4 is 14.8 Å². The molecule has 0 radical (unpaired) electrons. The van der Waals surface area contributed by atoms with Crippen LogP contribution in [0, 0.1) is 11.7 Å². The van der Waals surface area contributed by atoms with Crippen molar-refractivity contribution >= 4 is 33.4 Å². The zero-order valence-electron chi connectivity index (χ0n) is 16.2. The van der Waals surface area contributed by atoms with E-state index in [0.717, 1.165) is 0 Å². The molecule has 0 unspecified atom stereocenters. The molecule has 1 N–H and O–H groups in total. The van der Waals surface area contributed by atoms with Crippen molar-refractivity contribution in [1.29, 1.82) is 0 Å². The number of piperidine rings is 1. The first-order valence-electron chi connectivity index (χ1n) is 9.20. The lowest BCUT2D eigenvalue weighted by atomic mass is 9.95. The monoisotopic (exact) mass is 464 g/mol. The molecule has 3 rings (SSSR count). The number of carbonyl (C=O) groups excluding carboxylic acids is 2. The van der Waals surface area contributed by atoms with E-state index in [0.29, 0.717) is 47.5 Å². The lowest BCUT2D eigenvalue weighted by Crippen LogP contribution is -2.41. The van der Waals surface area contributed by atoms with Crippen LogP contribution in [-0.4, -0.2) is 44.0 Å². The summed E-state index contributed by atoms with van der Waals surface area (Å²) in [6, 6.07) is 9.67. The van der Waals surface area contributed by atoms with Gasteiger partial charge in [-0.25, -0.2) is 4.39 Å². The van der Waals surface area contributed by atoms with E-state index in [2.05, 4.69) is 21.2 Å². The molecule has 0 spiro atoms. The number of nitrogens with zero attached hydrogens (tertiary/aromatic N) is 1. The summed E-state index contributed by atoms with van der Waals surface area (Å²) in [5.74, 6) is -0.338. The number of nitrogens with one attached hydrogen (secondary N) is 1. The maximum Gasteiger partial charge on any atom is 0.261 e. The van der Waals surface area contributed by atoms with Crippen molar-refractivity contribution in [3.05, 3.63) is 52.3 Å². The van der Waals surface area contributed by atoms with E-state index < -0.39 is 5.82 Å². The normalized spacial score (nSPS) is 14.4. The Bertz CT molecular complexity index is 891. The third-order valence-electron chi connectivity index (χ3n) is 4.98. The number of rotatable bonds is 5. The first kappa shape index (κ1) is 21.1. The van der Waals surface area contributed by atoms with Gasteiger partial charge in [-0.15, -0.1) is 0 Å². The second-order valence-electron chi connectivity index (χ2n) is 6.72. The van der Waals surface area contributed by atoms with E-state index in [1.807, 2.05) is 0 Å². The molecule has 0 aromatic heterocycles. The summed E-state index contributed by atoms with van der Waals surface area (Å²) in [6.07, 6.45) is 0.986. The highest BCUT2D eigenvalue weighted by Gasteiger charge is 2.30. The third-order valence-corrected chi connectivity index (χ3v) is 5.48. The average Bonchev–Trinajstić information content (AvgIpc) is 2.74. The first-order valence-corrected chi connectivity index (χ1v) is 10.00. The van der Waals surface area contributed by atoms with Gasteiger partial charge in [0.25, 0.3) is 5.91 Å². The largest absolute Gasteiger partial charge is 0.496 e. The summed E-state index contributed by atoms with van der Waals surface area (Å²) in [5, 5.41) is 2.64. The van der Waals surface area contributed by atoms with Gasteiger partial charge in [-0.3, -0.25) is 9.59 Å². The summed E-state index contributed by atoms with van der Waals surface area (Å²) in [7, 11) is 3.01. The predicted molar refractivity (Wildman–Crippen MR) is 111 cm³/mol. The summed E-state index contributed by atoms with van der Waals surface area (Å²) in [5.41, 5.74) is 0.521. The highest BCUT2D eigenvalue weighted by Crippen LogP contribution is 2.31. The molecule has 0 bridgehead atoms. The fraction of sp³-hybridized carbons (Fsp3) is 0.333. The Morgan fingerprint density at radius 3 is 2.28 bits per heavy atom.